The van der Waals surface area contributed by atoms with Gasteiger partial charge in [0, 0.05) is 13.0 Å². The van der Waals surface area contributed by atoms with Crippen molar-refractivity contribution in [1.82, 2.24) is 14.9 Å². The number of aromatic nitrogens is 2. The van der Waals surface area contributed by atoms with Crippen LogP contribution >= 0.6 is 0 Å². The lowest BCUT2D eigenvalue weighted by molar-refractivity contribution is 0.223. The number of hydrogen-bond donors (Lipinski definition) is 1. The number of benzene rings is 1. The number of hydrogen-bond acceptors (Lipinski definition) is 5. The van der Waals surface area contributed by atoms with Crippen molar-refractivity contribution < 1.29 is 17.2 Å². The quantitative estimate of drug-likeness (QED) is 0.687. The van der Waals surface area contributed by atoms with Gasteiger partial charge in [0.2, 0.25) is 15.9 Å². The Balaban J connectivity index is 1.75. The second-order valence-electron chi connectivity index (χ2n) is 8.22. The molecule has 158 valence electrons. The SMILES string of the molecule is CC1=CC(CNS(C)(=O)=O)C(C(C)C)CC1Cc1nnc(-c2ccccc2F)o1. The Morgan fingerprint density at radius 1 is 1.28 bits per heavy atom. The van der Waals surface area contributed by atoms with Crippen LogP contribution in [0, 0.1) is 29.5 Å². The van der Waals surface area contributed by atoms with Crippen LogP contribution in [-0.4, -0.2) is 31.4 Å². The normalized spacial score (nSPS) is 22.7. The minimum atomic E-state index is -3.22. The molecule has 1 N–H and O–H groups in total. The number of nitrogens with one attached hydrogen (secondary N) is 1. The third-order valence-corrected chi connectivity index (χ3v) is 6.35. The Labute approximate surface area is 171 Å². The predicted molar refractivity (Wildman–Crippen MR) is 110 cm³/mol. The molecule has 1 aliphatic rings. The molecule has 0 saturated carbocycles. The average molecular weight is 422 g/mol. The summed E-state index contributed by atoms with van der Waals surface area (Å²) in [4.78, 5) is 0. The van der Waals surface area contributed by atoms with Crippen LogP contribution in [0.1, 0.15) is 33.1 Å². The maximum atomic E-state index is 14.0. The third kappa shape index (κ3) is 5.51. The van der Waals surface area contributed by atoms with E-state index in [2.05, 4.69) is 41.8 Å². The first kappa shape index (κ1) is 21.6. The highest BCUT2D eigenvalue weighted by Crippen LogP contribution is 2.39. The Hall–Kier alpha value is -2.06. The monoisotopic (exact) mass is 421 g/mol. The molecule has 29 heavy (non-hydrogen) atoms. The Bertz CT molecular complexity index is 985. The zero-order valence-corrected chi connectivity index (χ0v) is 18.0. The number of sulfonamides is 1. The van der Waals surface area contributed by atoms with E-state index < -0.39 is 15.8 Å². The largest absolute Gasteiger partial charge is 0.421 e. The van der Waals surface area contributed by atoms with Crippen molar-refractivity contribution in [3.8, 4) is 11.5 Å². The summed E-state index contributed by atoms with van der Waals surface area (Å²) in [6.45, 7) is 6.78. The molecule has 3 rings (SSSR count). The molecule has 0 radical (unpaired) electrons. The molecule has 0 saturated heterocycles. The van der Waals surface area contributed by atoms with Crippen LogP contribution in [-0.2, 0) is 16.4 Å². The van der Waals surface area contributed by atoms with E-state index in [1.54, 1.807) is 18.2 Å². The molecule has 1 aromatic carbocycles. The van der Waals surface area contributed by atoms with Crippen molar-refractivity contribution in [3.05, 3.63) is 47.6 Å². The van der Waals surface area contributed by atoms with Gasteiger partial charge in [-0.2, -0.15) is 0 Å². The van der Waals surface area contributed by atoms with Gasteiger partial charge in [0.1, 0.15) is 5.82 Å². The minimum Gasteiger partial charge on any atom is -0.421 e. The van der Waals surface area contributed by atoms with Crippen LogP contribution in [0.15, 0.2) is 40.3 Å². The van der Waals surface area contributed by atoms with Gasteiger partial charge >= 0.3 is 0 Å². The molecule has 2 aromatic rings. The molecule has 3 unspecified atom stereocenters. The molecule has 0 bridgehead atoms. The average Bonchev–Trinajstić information content (AvgIpc) is 3.09. The number of allylic oxidation sites excluding steroid dienone is 1. The van der Waals surface area contributed by atoms with Gasteiger partial charge in [-0.3, -0.25) is 0 Å². The fourth-order valence-electron chi connectivity index (χ4n) is 4.05. The molecule has 0 fully saturated rings. The van der Waals surface area contributed by atoms with E-state index in [4.69, 9.17) is 4.42 Å². The highest BCUT2D eigenvalue weighted by atomic mass is 32.2. The summed E-state index contributed by atoms with van der Waals surface area (Å²) in [6.07, 6.45) is 4.85. The lowest BCUT2D eigenvalue weighted by Gasteiger charge is -2.36. The summed E-state index contributed by atoms with van der Waals surface area (Å²) in [5.74, 6) is 1.40. The van der Waals surface area contributed by atoms with Crippen LogP contribution in [0.5, 0.6) is 0 Å². The molecule has 1 aliphatic carbocycles. The van der Waals surface area contributed by atoms with Gasteiger partial charge in [0.25, 0.3) is 5.89 Å². The summed E-state index contributed by atoms with van der Waals surface area (Å²) in [5, 5.41) is 8.13. The highest BCUT2D eigenvalue weighted by molar-refractivity contribution is 7.88. The molecule has 8 heteroatoms. The van der Waals surface area contributed by atoms with E-state index in [1.807, 2.05) is 0 Å². The van der Waals surface area contributed by atoms with E-state index in [0.717, 1.165) is 6.42 Å². The first-order valence-electron chi connectivity index (χ1n) is 9.84. The molecule has 0 aliphatic heterocycles. The first-order chi connectivity index (χ1) is 13.6. The lowest BCUT2D eigenvalue weighted by atomic mass is 9.70. The Kier molecular flexibility index (Phi) is 6.53. The van der Waals surface area contributed by atoms with Crippen LogP contribution < -0.4 is 4.72 Å². The van der Waals surface area contributed by atoms with Gasteiger partial charge < -0.3 is 4.42 Å². The van der Waals surface area contributed by atoms with Crippen LogP contribution in [0.2, 0.25) is 0 Å². The maximum Gasteiger partial charge on any atom is 0.250 e. The standard InChI is InChI=1S/C21H28FN3O3S/c1-13(2)18-10-15(14(3)9-16(18)12-23-29(4,26)27)11-20-24-25-21(28-20)17-7-5-6-8-19(17)22/h5-9,13,15-16,18,23H,10-12H2,1-4H3. The number of rotatable bonds is 7. The van der Waals surface area contributed by atoms with Gasteiger partial charge in [0.15, 0.2) is 0 Å². The second-order valence-corrected chi connectivity index (χ2v) is 10.1. The summed E-state index contributed by atoms with van der Waals surface area (Å²) < 4.78 is 45.3. The smallest absolute Gasteiger partial charge is 0.250 e. The van der Waals surface area contributed by atoms with Crippen molar-refractivity contribution in [2.45, 2.75) is 33.6 Å². The predicted octanol–water partition coefficient (Wildman–Crippen LogP) is 3.82. The molecule has 1 heterocycles. The number of halogens is 1. The molecule has 6 nitrogen and oxygen atoms in total. The second kappa shape index (κ2) is 8.75. The van der Waals surface area contributed by atoms with Gasteiger partial charge in [-0.05, 0) is 49.1 Å². The lowest BCUT2D eigenvalue weighted by Crippen LogP contribution is -2.36. The number of nitrogens with zero attached hydrogens (tertiary/aromatic N) is 2. The third-order valence-electron chi connectivity index (χ3n) is 5.66. The summed E-state index contributed by atoms with van der Waals surface area (Å²) in [5.41, 5.74) is 1.49. The van der Waals surface area contributed by atoms with E-state index in [9.17, 15) is 12.8 Å². The highest BCUT2D eigenvalue weighted by Gasteiger charge is 2.32. The van der Waals surface area contributed by atoms with Crippen LogP contribution in [0.4, 0.5) is 4.39 Å². The van der Waals surface area contributed by atoms with Crippen LogP contribution in [0.25, 0.3) is 11.5 Å². The van der Waals surface area contributed by atoms with Gasteiger partial charge in [-0.1, -0.05) is 37.6 Å². The van der Waals surface area contributed by atoms with Crippen molar-refractivity contribution in [2.24, 2.45) is 23.7 Å². The van der Waals surface area contributed by atoms with Gasteiger partial charge in [-0.25, -0.2) is 17.5 Å². The first-order valence-corrected chi connectivity index (χ1v) is 11.7. The zero-order chi connectivity index (χ0) is 21.2. The zero-order valence-electron chi connectivity index (χ0n) is 17.2. The summed E-state index contributed by atoms with van der Waals surface area (Å²) >= 11 is 0. The minimum absolute atomic E-state index is 0.151. The Morgan fingerprint density at radius 2 is 2.00 bits per heavy atom. The van der Waals surface area contributed by atoms with E-state index >= 15 is 0 Å². The molecular formula is C21H28FN3O3S. The van der Waals surface area contributed by atoms with Crippen molar-refractivity contribution in [1.29, 1.82) is 0 Å². The maximum absolute atomic E-state index is 14.0. The molecule has 0 amide bonds. The molecular weight excluding hydrogens is 393 g/mol. The van der Waals surface area contributed by atoms with E-state index in [-0.39, 0.29) is 17.7 Å². The van der Waals surface area contributed by atoms with Gasteiger partial charge in [-0.15, -0.1) is 10.2 Å². The summed E-state index contributed by atoms with van der Waals surface area (Å²) in [6, 6.07) is 6.33. The van der Waals surface area contributed by atoms with Crippen molar-refractivity contribution in [3.63, 3.8) is 0 Å². The Morgan fingerprint density at radius 3 is 2.66 bits per heavy atom. The van der Waals surface area contributed by atoms with Crippen molar-refractivity contribution in [2.75, 3.05) is 12.8 Å². The van der Waals surface area contributed by atoms with Gasteiger partial charge in [0.05, 0.1) is 11.8 Å². The van der Waals surface area contributed by atoms with E-state index in [1.165, 1.54) is 17.9 Å². The molecule has 1 aromatic heterocycles. The summed E-state index contributed by atoms with van der Waals surface area (Å²) in [7, 11) is -3.22. The molecule has 0 spiro atoms. The van der Waals surface area contributed by atoms with Crippen molar-refractivity contribution >= 4 is 10.0 Å². The topological polar surface area (TPSA) is 85.1 Å². The van der Waals surface area contributed by atoms with Crippen LogP contribution in [0.3, 0.4) is 0 Å². The molecule has 3 atom stereocenters. The fourth-order valence-corrected chi connectivity index (χ4v) is 4.54. The fraction of sp³-hybridized carbons (Fsp3) is 0.524. The van der Waals surface area contributed by atoms with E-state index in [0.29, 0.717) is 36.3 Å².